The summed E-state index contributed by atoms with van der Waals surface area (Å²) >= 11 is 2.90. The number of halogens is 4. The number of hydrogen-bond donors (Lipinski definition) is 0. The zero-order valence-electron chi connectivity index (χ0n) is 8.47. The number of rotatable bonds is 3. The number of carbonyl (C=O) groups excluding carboxylic acids is 2. The number of alkyl halides is 3. The highest BCUT2D eigenvalue weighted by Crippen LogP contribution is 2.30. The molecule has 1 aromatic rings. The van der Waals surface area contributed by atoms with Gasteiger partial charge in [0, 0.05) is 15.6 Å². The molecular weight excluding hydrogens is 305 g/mol. The third kappa shape index (κ3) is 3.55. The van der Waals surface area contributed by atoms with Gasteiger partial charge in [-0.05, 0) is 35.0 Å². The molecule has 0 amide bonds. The summed E-state index contributed by atoms with van der Waals surface area (Å²) in [6.07, 6.45) is -4.46. The monoisotopic (exact) mass is 310 g/mol. The minimum Gasteiger partial charge on any atom is -0.406 e. The van der Waals surface area contributed by atoms with Crippen molar-refractivity contribution >= 4 is 28.0 Å². The molecule has 1 rings (SSSR count). The van der Waals surface area contributed by atoms with E-state index in [2.05, 4.69) is 20.7 Å². The van der Waals surface area contributed by atoms with Gasteiger partial charge in [-0.1, -0.05) is 0 Å². The maximum atomic E-state index is 12.0. The maximum Gasteiger partial charge on any atom is 0.573 e. The average molecular weight is 311 g/mol. The largest absolute Gasteiger partial charge is 0.573 e. The van der Waals surface area contributed by atoms with Crippen LogP contribution >= 0.6 is 15.9 Å². The van der Waals surface area contributed by atoms with Crippen molar-refractivity contribution < 1.29 is 27.5 Å². The van der Waals surface area contributed by atoms with Gasteiger partial charge in [0.1, 0.15) is 5.75 Å². The van der Waals surface area contributed by atoms with Gasteiger partial charge in [0.2, 0.25) is 0 Å². The third-order valence-corrected chi connectivity index (χ3v) is 2.49. The predicted octanol–water partition coefficient (Wildman–Crippen LogP) is 3.36. The van der Waals surface area contributed by atoms with Gasteiger partial charge in [-0.15, -0.1) is 13.2 Å². The van der Waals surface area contributed by atoms with Crippen LogP contribution in [0.3, 0.4) is 0 Å². The normalized spacial score (nSPS) is 11.1. The summed E-state index contributed by atoms with van der Waals surface area (Å²) in [4.78, 5) is 21.9. The Morgan fingerprint density at radius 2 is 2.00 bits per heavy atom. The summed E-state index contributed by atoms with van der Waals surface area (Å²) in [6, 6.07) is 1.86. The average Bonchev–Trinajstić information content (AvgIpc) is 2.13. The van der Waals surface area contributed by atoms with Gasteiger partial charge < -0.3 is 4.74 Å². The van der Waals surface area contributed by atoms with Crippen LogP contribution in [0.4, 0.5) is 13.2 Å². The molecule has 0 N–H and O–H groups in total. The zero-order valence-corrected chi connectivity index (χ0v) is 10.1. The van der Waals surface area contributed by atoms with Crippen LogP contribution in [0.15, 0.2) is 16.6 Å². The Morgan fingerprint density at radius 3 is 2.41 bits per heavy atom. The van der Waals surface area contributed by atoms with Crippen molar-refractivity contribution in [1.82, 2.24) is 0 Å². The van der Waals surface area contributed by atoms with Crippen LogP contribution in [-0.2, 0) is 0 Å². The topological polar surface area (TPSA) is 43.4 Å². The highest BCUT2D eigenvalue weighted by molar-refractivity contribution is 9.10. The van der Waals surface area contributed by atoms with Crippen LogP contribution in [0.5, 0.6) is 5.75 Å². The molecule has 0 spiro atoms. The summed E-state index contributed by atoms with van der Waals surface area (Å²) in [5, 5.41) is 0. The second kappa shape index (κ2) is 4.87. The van der Waals surface area contributed by atoms with Crippen LogP contribution in [0.1, 0.15) is 27.6 Å². The van der Waals surface area contributed by atoms with E-state index in [4.69, 9.17) is 0 Å². The predicted molar refractivity (Wildman–Crippen MR) is 56.2 cm³/mol. The lowest BCUT2D eigenvalue weighted by atomic mass is 10.1. The summed E-state index contributed by atoms with van der Waals surface area (Å²) in [5.74, 6) is -1.08. The van der Waals surface area contributed by atoms with Crippen LogP contribution in [0, 0.1) is 0 Å². The molecule has 0 aromatic heterocycles. The van der Waals surface area contributed by atoms with E-state index in [1.54, 1.807) is 0 Å². The van der Waals surface area contributed by atoms with Crippen molar-refractivity contribution in [1.29, 1.82) is 0 Å². The van der Waals surface area contributed by atoms with E-state index in [0.717, 1.165) is 19.1 Å². The van der Waals surface area contributed by atoms with Gasteiger partial charge >= 0.3 is 6.36 Å². The number of hydrogen-bond acceptors (Lipinski definition) is 3. The molecule has 0 aliphatic carbocycles. The first-order chi connectivity index (χ1) is 7.74. The smallest absolute Gasteiger partial charge is 0.406 e. The Balaban J connectivity index is 3.29. The highest BCUT2D eigenvalue weighted by Gasteiger charge is 2.31. The minimum absolute atomic E-state index is 0.00738. The fraction of sp³-hybridized carbons (Fsp3) is 0.200. The van der Waals surface area contributed by atoms with Crippen LogP contribution in [0.25, 0.3) is 0 Å². The lowest BCUT2D eigenvalue weighted by Crippen LogP contribution is -2.17. The number of ether oxygens (including phenoxy) is 1. The molecule has 0 saturated carbocycles. The quantitative estimate of drug-likeness (QED) is 0.635. The fourth-order valence-corrected chi connectivity index (χ4v) is 1.73. The Bertz CT molecular complexity index is 469. The van der Waals surface area contributed by atoms with E-state index in [0.29, 0.717) is 6.29 Å². The van der Waals surface area contributed by atoms with Gasteiger partial charge in [0.05, 0.1) is 0 Å². The van der Waals surface area contributed by atoms with Crippen molar-refractivity contribution in [2.24, 2.45) is 0 Å². The molecule has 0 atom stereocenters. The SMILES string of the molecule is CC(=O)c1cc(OC(F)(F)F)cc(Br)c1C=O. The van der Waals surface area contributed by atoms with E-state index in [1.807, 2.05) is 0 Å². The Labute approximate surface area is 103 Å². The molecule has 0 saturated heterocycles. The highest BCUT2D eigenvalue weighted by atomic mass is 79.9. The molecule has 92 valence electrons. The van der Waals surface area contributed by atoms with E-state index < -0.39 is 17.9 Å². The van der Waals surface area contributed by atoms with Gasteiger partial charge in [-0.2, -0.15) is 0 Å². The molecular formula is C10H6BrF3O3. The lowest BCUT2D eigenvalue weighted by molar-refractivity contribution is -0.274. The fourth-order valence-electron chi connectivity index (χ4n) is 1.20. The van der Waals surface area contributed by atoms with Gasteiger partial charge in [-0.25, -0.2) is 0 Å². The summed E-state index contributed by atoms with van der Waals surface area (Å²) in [7, 11) is 0. The van der Waals surface area contributed by atoms with Crippen LogP contribution < -0.4 is 4.74 Å². The summed E-state index contributed by atoms with van der Waals surface area (Å²) in [5.41, 5.74) is -0.138. The van der Waals surface area contributed by atoms with Gasteiger partial charge in [-0.3, -0.25) is 9.59 Å². The molecule has 0 fully saturated rings. The third-order valence-electron chi connectivity index (χ3n) is 1.83. The molecule has 0 aliphatic rings. The molecule has 1 aromatic carbocycles. The molecule has 0 unspecified atom stereocenters. The van der Waals surface area contributed by atoms with Crippen molar-refractivity contribution in [2.45, 2.75) is 13.3 Å². The van der Waals surface area contributed by atoms with E-state index in [1.165, 1.54) is 0 Å². The Morgan fingerprint density at radius 1 is 1.41 bits per heavy atom. The zero-order chi connectivity index (χ0) is 13.2. The molecule has 0 aliphatic heterocycles. The molecule has 0 radical (unpaired) electrons. The summed E-state index contributed by atoms with van der Waals surface area (Å²) < 4.78 is 39.7. The molecule has 17 heavy (non-hydrogen) atoms. The van der Waals surface area contributed by atoms with Crippen LogP contribution in [-0.4, -0.2) is 18.4 Å². The first-order valence-electron chi connectivity index (χ1n) is 4.30. The van der Waals surface area contributed by atoms with Crippen molar-refractivity contribution in [2.75, 3.05) is 0 Å². The number of benzene rings is 1. The maximum absolute atomic E-state index is 12.0. The summed E-state index contributed by atoms with van der Waals surface area (Å²) in [6.45, 7) is 1.14. The van der Waals surface area contributed by atoms with Crippen molar-refractivity contribution in [3.63, 3.8) is 0 Å². The number of Topliss-reactive ketones (excluding diaryl/α,β-unsaturated/α-hetero) is 1. The van der Waals surface area contributed by atoms with Crippen molar-refractivity contribution in [3.05, 3.63) is 27.7 Å². The first kappa shape index (κ1) is 13.7. The molecule has 3 nitrogen and oxygen atoms in total. The molecule has 0 bridgehead atoms. The Kier molecular flexibility index (Phi) is 3.92. The van der Waals surface area contributed by atoms with Crippen molar-refractivity contribution in [3.8, 4) is 5.75 Å². The standard InChI is InChI=1S/C10H6BrF3O3/c1-5(16)7-2-6(17-10(12,13)14)3-9(11)8(7)4-15/h2-4H,1H3. The second-order valence-electron chi connectivity index (χ2n) is 3.09. The van der Waals surface area contributed by atoms with Gasteiger partial charge in [0.15, 0.2) is 12.1 Å². The number of ketones is 1. The van der Waals surface area contributed by atoms with Gasteiger partial charge in [0.25, 0.3) is 0 Å². The van der Waals surface area contributed by atoms with E-state index >= 15 is 0 Å². The lowest BCUT2D eigenvalue weighted by Gasteiger charge is -2.11. The first-order valence-corrected chi connectivity index (χ1v) is 5.09. The minimum atomic E-state index is -4.85. The molecule has 0 heterocycles. The second-order valence-corrected chi connectivity index (χ2v) is 3.94. The Hall–Kier alpha value is -1.37. The van der Waals surface area contributed by atoms with E-state index in [-0.39, 0.29) is 15.6 Å². The number of aldehydes is 1. The molecule has 7 heteroatoms. The van der Waals surface area contributed by atoms with Crippen LogP contribution in [0.2, 0.25) is 0 Å². The van der Waals surface area contributed by atoms with E-state index in [9.17, 15) is 22.8 Å². The number of carbonyl (C=O) groups is 2.